The van der Waals surface area contributed by atoms with E-state index in [1.54, 1.807) is 12.1 Å². The number of fused-ring (bicyclic) bond motifs is 3. The van der Waals surface area contributed by atoms with E-state index in [4.69, 9.17) is 9.47 Å². The van der Waals surface area contributed by atoms with Crippen LogP contribution in [0.15, 0.2) is 36.4 Å². The zero-order valence-corrected chi connectivity index (χ0v) is 25.9. The Kier molecular flexibility index (Phi) is 13.4. The van der Waals surface area contributed by atoms with Gasteiger partial charge >= 0.3 is 29.8 Å². The summed E-state index contributed by atoms with van der Waals surface area (Å²) in [6, 6.07) is 8.87. The second-order valence-corrected chi connectivity index (χ2v) is 10.8. The molecule has 0 bridgehead atoms. The molecule has 3 rings (SSSR count). The van der Waals surface area contributed by atoms with Gasteiger partial charge in [0.15, 0.2) is 0 Å². The molecule has 2 unspecified atom stereocenters. The highest BCUT2D eigenvalue weighted by Crippen LogP contribution is 2.36. The number of carboxylic acids is 3. The van der Waals surface area contributed by atoms with Gasteiger partial charge in [0, 0.05) is 61.8 Å². The molecule has 47 heavy (non-hydrogen) atoms. The summed E-state index contributed by atoms with van der Waals surface area (Å²) >= 11 is 0. The van der Waals surface area contributed by atoms with Crippen molar-refractivity contribution in [2.24, 2.45) is 0 Å². The van der Waals surface area contributed by atoms with Crippen LogP contribution in [0.2, 0.25) is 0 Å². The minimum absolute atomic E-state index is 0.0234. The standard InChI is InChI=1S/C30H39N5O12/c1-46-29(44)18-3-5-20-21-6-4-19(30(45)47-2)12-23(21)32-25(37)14-35(17-28(42)43)10-8-33(15-26(38)39)7-9-34(16-27(40)41)13-24(36)31-22(20)11-18/h3-6,11-12,24-25,31-32,36-37H,7-10,13-17H2,1-2H3,(H,38,39)(H,40,41)(H,42,43). The predicted molar refractivity (Wildman–Crippen MR) is 166 cm³/mol. The van der Waals surface area contributed by atoms with Gasteiger partial charge in [0.1, 0.15) is 12.5 Å². The number of aliphatic hydroxyl groups excluding tert-OH is 2. The van der Waals surface area contributed by atoms with E-state index < -0.39 is 61.9 Å². The Labute approximate surface area is 269 Å². The lowest BCUT2D eigenvalue weighted by Gasteiger charge is -2.30. The van der Waals surface area contributed by atoms with Crippen LogP contribution in [0.4, 0.5) is 11.4 Å². The highest BCUT2D eigenvalue weighted by Gasteiger charge is 2.24. The van der Waals surface area contributed by atoms with Gasteiger partial charge in [0.2, 0.25) is 0 Å². The molecule has 0 fully saturated rings. The van der Waals surface area contributed by atoms with Gasteiger partial charge in [-0.1, -0.05) is 12.1 Å². The largest absolute Gasteiger partial charge is 0.480 e. The number of anilines is 2. The number of ether oxygens (including phenoxy) is 2. The van der Waals surface area contributed by atoms with Crippen LogP contribution < -0.4 is 10.6 Å². The molecular formula is C30H39N5O12. The number of hydrogen-bond acceptors (Lipinski definition) is 14. The molecule has 0 amide bonds. The topological polar surface area (TPSA) is 239 Å². The molecule has 7 N–H and O–H groups in total. The highest BCUT2D eigenvalue weighted by molar-refractivity contribution is 5.97. The van der Waals surface area contributed by atoms with Crippen molar-refractivity contribution in [1.29, 1.82) is 0 Å². The first-order valence-electron chi connectivity index (χ1n) is 14.5. The van der Waals surface area contributed by atoms with E-state index in [1.165, 1.54) is 53.2 Å². The van der Waals surface area contributed by atoms with Crippen LogP contribution in [0.5, 0.6) is 0 Å². The van der Waals surface area contributed by atoms with Crippen molar-refractivity contribution in [2.45, 2.75) is 12.5 Å². The van der Waals surface area contributed by atoms with E-state index in [-0.39, 0.29) is 61.8 Å². The summed E-state index contributed by atoms with van der Waals surface area (Å²) in [5.41, 5.74) is 1.45. The Hall–Kier alpha value is -4.81. The number of rotatable bonds is 8. The molecule has 1 aliphatic heterocycles. The summed E-state index contributed by atoms with van der Waals surface area (Å²) in [6.45, 7) is -1.72. The van der Waals surface area contributed by atoms with Crippen LogP contribution >= 0.6 is 0 Å². The molecule has 256 valence electrons. The monoisotopic (exact) mass is 661 g/mol. The second kappa shape index (κ2) is 17.2. The van der Waals surface area contributed by atoms with Crippen molar-refractivity contribution in [2.75, 3.05) is 83.8 Å². The summed E-state index contributed by atoms with van der Waals surface area (Å²) in [5.74, 6) is -4.89. The molecule has 0 aliphatic carbocycles. The number of carboxylic acid groups (broad SMARTS) is 3. The first kappa shape index (κ1) is 36.7. The summed E-state index contributed by atoms with van der Waals surface area (Å²) in [5, 5.41) is 56.5. The number of nitrogens with zero attached hydrogens (tertiary/aromatic N) is 3. The molecular weight excluding hydrogens is 622 g/mol. The predicted octanol–water partition coefficient (Wildman–Crippen LogP) is -0.439. The van der Waals surface area contributed by atoms with Gasteiger partial charge in [-0.15, -0.1) is 0 Å². The summed E-state index contributed by atoms with van der Waals surface area (Å²) in [4.78, 5) is 64.0. The molecule has 0 saturated heterocycles. The minimum Gasteiger partial charge on any atom is -0.480 e. The summed E-state index contributed by atoms with van der Waals surface area (Å²) < 4.78 is 9.68. The fourth-order valence-electron chi connectivity index (χ4n) is 5.11. The lowest BCUT2D eigenvalue weighted by atomic mass is 9.97. The Balaban J connectivity index is 2.17. The normalized spacial score (nSPS) is 18.7. The number of benzene rings is 2. The molecule has 1 aliphatic rings. The fraction of sp³-hybridized carbons (Fsp3) is 0.433. The zero-order chi connectivity index (χ0) is 34.7. The lowest BCUT2D eigenvalue weighted by molar-refractivity contribution is -0.140. The molecule has 1 heterocycles. The van der Waals surface area contributed by atoms with Crippen LogP contribution in [-0.4, -0.2) is 156 Å². The molecule has 0 spiro atoms. The maximum Gasteiger partial charge on any atom is 0.337 e. The van der Waals surface area contributed by atoms with Gasteiger partial charge in [-0.05, 0) is 24.3 Å². The van der Waals surface area contributed by atoms with Crippen LogP contribution in [0.25, 0.3) is 11.1 Å². The van der Waals surface area contributed by atoms with E-state index in [9.17, 15) is 49.5 Å². The van der Waals surface area contributed by atoms with Gasteiger partial charge in [-0.3, -0.25) is 29.1 Å². The van der Waals surface area contributed by atoms with Gasteiger partial charge < -0.3 is 45.6 Å². The van der Waals surface area contributed by atoms with Gasteiger partial charge in [0.05, 0.1) is 45.0 Å². The molecule has 2 aromatic rings. The van der Waals surface area contributed by atoms with Crippen LogP contribution in [0.3, 0.4) is 0 Å². The van der Waals surface area contributed by atoms with Crippen LogP contribution in [0, 0.1) is 0 Å². The average Bonchev–Trinajstić information content (AvgIpc) is 3.00. The number of nitrogens with one attached hydrogen (secondary N) is 2. The lowest BCUT2D eigenvalue weighted by Crippen LogP contribution is -2.47. The van der Waals surface area contributed by atoms with E-state index in [0.717, 1.165) is 0 Å². The first-order valence-corrected chi connectivity index (χ1v) is 14.5. The summed E-state index contributed by atoms with van der Waals surface area (Å²) in [7, 11) is 2.40. The number of carbonyl (C=O) groups excluding carboxylic acids is 2. The third kappa shape index (κ3) is 11.2. The quantitative estimate of drug-likeness (QED) is 0.177. The molecule has 17 heteroatoms. The van der Waals surface area contributed by atoms with Crippen molar-refractivity contribution in [1.82, 2.24) is 14.7 Å². The number of β-amino-alcohol motifs (C(OH)–C–C–N with tert-alkyl or cyclic N) is 2. The van der Waals surface area contributed by atoms with Crippen molar-refractivity contribution in [3.63, 3.8) is 0 Å². The maximum atomic E-state index is 12.4. The van der Waals surface area contributed by atoms with Crippen molar-refractivity contribution >= 4 is 41.2 Å². The smallest absolute Gasteiger partial charge is 0.337 e. The van der Waals surface area contributed by atoms with E-state index in [1.807, 2.05) is 0 Å². The number of aliphatic hydroxyl groups is 2. The van der Waals surface area contributed by atoms with Gasteiger partial charge in [0.25, 0.3) is 0 Å². The van der Waals surface area contributed by atoms with E-state index in [2.05, 4.69) is 10.6 Å². The Morgan fingerprint density at radius 3 is 1.32 bits per heavy atom. The number of hydrogen-bond donors (Lipinski definition) is 7. The second-order valence-electron chi connectivity index (χ2n) is 10.8. The third-order valence-corrected chi connectivity index (χ3v) is 7.22. The highest BCUT2D eigenvalue weighted by atomic mass is 16.5. The van der Waals surface area contributed by atoms with Crippen molar-refractivity contribution < 1.29 is 59.0 Å². The van der Waals surface area contributed by atoms with Gasteiger partial charge in [-0.25, -0.2) is 9.59 Å². The number of aliphatic carboxylic acids is 3. The Morgan fingerprint density at radius 1 is 0.638 bits per heavy atom. The third-order valence-electron chi connectivity index (χ3n) is 7.22. The van der Waals surface area contributed by atoms with Crippen LogP contribution in [-0.2, 0) is 23.9 Å². The Bertz CT molecular complexity index is 1350. The van der Waals surface area contributed by atoms with Crippen LogP contribution in [0.1, 0.15) is 20.7 Å². The zero-order valence-electron chi connectivity index (χ0n) is 25.9. The van der Waals surface area contributed by atoms with Crippen molar-refractivity contribution in [3.8, 4) is 11.1 Å². The minimum atomic E-state index is -1.40. The maximum absolute atomic E-state index is 12.4. The molecule has 0 radical (unpaired) electrons. The van der Waals surface area contributed by atoms with Crippen molar-refractivity contribution in [3.05, 3.63) is 47.5 Å². The average molecular weight is 662 g/mol. The van der Waals surface area contributed by atoms with Gasteiger partial charge in [-0.2, -0.15) is 0 Å². The summed E-state index contributed by atoms with van der Waals surface area (Å²) in [6.07, 6.45) is -2.79. The molecule has 2 aromatic carbocycles. The van der Waals surface area contributed by atoms with E-state index in [0.29, 0.717) is 11.1 Å². The van der Waals surface area contributed by atoms with E-state index >= 15 is 0 Å². The SMILES string of the molecule is COC(=O)c1ccc2c(c1)NC(O)CN(CC(=O)O)CCN(CC(=O)O)CCN(CC(=O)O)CC(O)Nc1cc(C(=O)OC)ccc1-2. The fourth-order valence-corrected chi connectivity index (χ4v) is 5.11. The Morgan fingerprint density at radius 2 is 0.979 bits per heavy atom. The number of esters is 2. The molecule has 0 aromatic heterocycles. The molecule has 2 atom stereocenters. The first-order chi connectivity index (χ1) is 22.3. The number of methoxy groups -OCH3 is 2. The number of carbonyl (C=O) groups is 5. The molecule has 17 nitrogen and oxygen atoms in total. The molecule has 0 saturated carbocycles.